The number of ether oxygens (including phenoxy) is 1. The van der Waals surface area contributed by atoms with Crippen molar-refractivity contribution >= 4 is 0 Å². The van der Waals surface area contributed by atoms with Gasteiger partial charge in [0, 0.05) is 24.5 Å². The molecule has 1 aliphatic heterocycles. The predicted octanol–water partition coefficient (Wildman–Crippen LogP) is 1.80. The Kier molecular flexibility index (Phi) is 4.20. The molecule has 1 heterocycles. The summed E-state index contributed by atoms with van der Waals surface area (Å²) >= 11 is 0. The SMILES string of the molecule is CC1(C)CN(CCCN=[N+]=[N-])CCO1. The Morgan fingerprint density at radius 3 is 3.00 bits per heavy atom. The first-order chi connectivity index (χ1) is 6.64. The molecule has 0 radical (unpaired) electrons. The molecule has 0 aromatic heterocycles. The average Bonchev–Trinajstić information content (AvgIpc) is 2.11. The molecule has 1 aliphatic rings. The average molecular weight is 198 g/mol. The Hall–Kier alpha value is -0.770. The van der Waals surface area contributed by atoms with E-state index in [9.17, 15) is 0 Å². The summed E-state index contributed by atoms with van der Waals surface area (Å²) in [5.74, 6) is 0. The highest BCUT2D eigenvalue weighted by Crippen LogP contribution is 2.16. The molecule has 5 heteroatoms. The van der Waals surface area contributed by atoms with E-state index in [0.29, 0.717) is 6.54 Å². The van der Waals surface area contributed by atoms with Gasteiger partial charge in [-0.3, -0.25) is 4.90 Å². The van der Waals surface area contributed by atoms with E-state index in [1.54, 1.807) is 0 Å². The summed E-state index contributed by atoms with van der Waals surface area (Å²) in [6, 6.07) is 0. The van der Waals surface area contributed by atoms with E-state index in [1.807, 2.05) is 0 Å². The minimum atomic E-state index is -0.0310. The van der Waals surface area contributed by atoms with E-state index in [-0.39, 0.29) is 5.60 Å². The van der Waals surface area contributed by atoms with Gasteiger partial charge >= 0.3 is 0 Å². The molecule has 0 unspecified atom stereocenters. The first-order valence-electron chi connectivity index (χ1n) is 5.01. The number of rotatable bonds is 4. The van der Waals surface area contributed by atoms with Gasteiger partial charge in [0.05, 0.1) is 12.2 Å². The highest BCUT2D eigenvalue weighted by molar-refractivity contribution is 4.78. The van der Waals surface area contributed by atoms with E-state index >= 15 is 0 Å². The number of hydrogen-bond donors (Lipinski definition) is 0. The molecule has 0 N–H and O–H groups in total. The molecule has 80 valence electrons. The zero-order valence-electron chi connectivity index (χ0n) is 8.94. The highest BCUT2D eigenvalue weighted by atomic mass is 16.5. The monoisotopic (exact) mass is 198 g/mol. The molecule has 1 saturated heterocycles. The van der Waals surface area contributed by atoms with Gasteiger partial charge < -0.3 is 4.74 Å². The lowest BCUT2D eigenvalue weighted by Gasteiger charge is -2.38. The first kappa shape index (κ1) is 11.3. The van der Waals surface area contributed by atoms with Gasteiger partial charge in [0.25, 0.3) is 0 Å². The number of nitrogens with zero attached hydrogens (tertiary/aromatic N) is 4. The summed E-state index contributed by atoms with van der Waals surface area (Å²) in [5.41, 5.74) is 8.08. The van der Waals surface area contributed by atoms with Crippen molar-refractivity contribution in [1.82, 2.24) is 4.90 Å². The molecule has 0 bridgehead atoms. The van der Waals surface area contributed by atoms with Crippen molar-refractivity contribution in [2.75, 3.05) is 32.8 Å². The number of morpholine rings is 1. The first-order valence-corrected chi connectivity index (χ1v) is 5.01. The molecule has 0 saturated carbocycles. The second-order valence-electron chi connectivity index (χ2n) is 4.19. The van der Waals surface area contributed by atoms with Crippen LogP contribution in [-0.4, -0.2) is 43.3 Å². The molecule has 0 aromatic rings. The summed E-state index contributed by atoms with van der Waals surface area (Å²) in [4.78, 5) is 5.09. The molecule has 0 aromatic carbocycles. The fraction of sp³-hybridized carbons (Fsp3) is 1.00. The van der Waals surface area contributed by atoms with Crippen molar-refractivity contribution in [2.24, 2.45) is 5.11 Å². The quantitative estimate of drug-likeness (QED) is 0.299. The molecule has 1 rings (SSSR count). The van der Waals surface area contributed by atoms with Gasteiger partial charge in [-0.05, 0) is 32.3 Å². The molecule has 0 amide bonds. The van der Waals surface area contributed by atoms with Crippen LogP contribution in [0.2, 0.25) is 0 Å². The van der Waals surface area contributed by atoms with Gasteiger partial charge in [0.15, 0.2) is 0 Å². The lowest BCUT2D eigenvalue weighted by Crippen LogP contribution is -2.48. The topological polar surface area (TPSA) is 61.2 Å². The maximum Gasteiger partial charge on any atom is 0.0753 e. The van der Waals surface area contributed by atoms with E-state index in [1.165, 1.54) is 0 Å². The van der Waals surface area contributed by atoms with Gasteiger partial charge in [-0.15, -0.1) is 0 Å². The summed E-state index contributed by atoms with van der Waals surface area (Å²) in [6.07, 6.45) is 0.931. The molecular weight excluding hydrogens is 180 g/mol. The van der Waals surface area contributed by atoms with Crippen molar-refractivity contribution in [2.45, 2.75) is 25.9 Å². The molecule has 0 spiro atoms. The predicted molar refractivity (Wildman–Crippen MR) is 55.1 cm³/mol. The zero-order chi connectivity index (χ0) is 10.4. The van der Waals surface area contributed by atoms with Gasteiger partial charge in [0.1, 0.15) is 0 Å². The van der Waals surface area contributed by atoms with Gasteiger partial charge in [0.2, 0.25) is 0 Å². The molecule has 0 atom stereocenters. The third-order valence-electron chi connectivity index (χ3n) is 2.30. The van der Waals surface area contributed by atoms with Crippen molar-refractivity contribution < 1.29 is 4.74 Å². The van der Waals surface area contributed by atoms with Crippen molar-refractivity contribution in [1.29, 1.82) is 0 Å². The molecule has 5 nitrogen and oxygen atoms in total. The smallest absolute Gasteiger partial charge is 0.0753 e. The van der Waals surface area contributed by atoms with Crippen LogP contribution in [0.3, 0.4) is 0 Å². The van der Waals surface area contributed by atoms with E-state index < -0.39 is 0 Å². The lowest BCUT2D eigenvalue weighted by atomic mass is 10.1. The Balaban J connectivity index is 2.21. The minimum absolute atomic E-state index is 0.0310. The van der Waals surface area contributed by atoms with Crippen LogP contribution in [0.5, 0.6) is 0 Å². The minimum Gasteiger partial charge on any atom is -0.373 e. The van der Waals surface area contributed by atoms with Crippen LogP contribution in [0.25, 0.3) is 10.4 Å². The number of azide groups is 1. The number of hydrogen-bond acceptors (Lipinski definition) is 3. The van der Waals surface area contributed by atoms with Crippen LogP contribution >= 0.6 is 0 Å². The molecule has 1 fully saturated rings. The fourth-order valence-corrected chi connectivity index (χ4v) is 1.71. The normalized spacial score (nSPS) is 21.6. The van der Waals surface area contributed by atoms with Gasteiger partial charge in [-0.2, -0.15) is 0 Å². The van der Waals surface area contributed by atoms with Crippen molar-refractivity contribution in [3.05, 3.63) is 10.4 Å². The summed E-state index contributed by atoms with van der Waals surface area (Å²) in [7, 11) is 0. The van der Waals surface area contributed by atoms with Crippen LogP contribution < -0.4 is 0 Å². The third kappa shape index (κ3) is 3.96. The second-order valence-corrected chi connectivity index (χ2v) is 4.19. The molecular formula is C9H18N4O. The maximum atomic E-state index is 8.11. The Labute approximate surface area is 84.7 Å². The largest absolute Gasteiger partial charge is 0.373 e. The van der Waals surface area contributed by atoms with Gasteiger partial charge in [-0.1, -0.05) is 5.11 Å². The second kappa shape index (κ2) is 5.20. The van der Waals surface area contributed by atoms with E-state index in [0.717, 1.165) is 32.7 Å². The maximum absolute atomic E-state index is 8.11. The van der Waals surface area contributed by atoms with Crippen LogP contribution in [0.15, 0.2) is 5.11 Å². The van der Waals surface area contributed by atoms with Gasteiger partial charge in [-0.25, -0.2) is 0 Å². The van der Waals surface area contributed by atoms with E-state index in [4.69, 9.17) is 10.3 Å². The van der Waals surface area contributed by atoms with Crippen LogP contribution in [0.1, 0.15) is 20.3 Å². The van der Waals surface area contributed by atoms with Crippen LogP contribution in [0.4, 0.5) is 0 Å². The van der Waals surface area contributed by atoms with Crippen molar-refractivity contribution in [3.63, 3.8) is 0 Å². The molecule has 0 aliphatic carbocycles. The Morgan fingerprint density at radius 1 is 1.57 bits per heavy atom. The lowest BCUT2D eigenvalue weighted by molar-refractivity contribution is -0.0858. The summed E-state index contributed by atoms with van der Waals surface area (Å²) < 4.78 is 5.60. The third-order valence-corrected chi connectivity index (χ3v) is 2.30. The highest BCUT2D eigenvalue weighted by Gasteiger charge is 2.26. The standard InChI is InChI=1S/C9H18N4O/c1-9(2)8-13(6-7-14-9)5-3-4-11-12-10/h3-8H2,1-2H3. The summed E-state index contributed by atoms with van der Waals surface area (Å²) in [6.45, 7) is 8.54. The molecule has 14 heavy (non-hydrogen) atoms. The van der Waals surface area contributed by atoms with Crippen LogP contribution in [-0.2, 0) is 4.74 Å². The van der Waals surface area contributed by atoms with E-state index in [2.05, 4.69) is 28.8 Å². The van der Waals surface area contributed by atoms with Crippen LogP contribution in [0, 0.1) is 0 Å². The van der Waals surface area contributed by atoms with Crippen molar-refractivity contribution in [3.8, 4) is 0 Å². The summed E-state index contributed by atoms with van der Waals surface area (Å²) in [5, 5.41) is 3.52. The Morgan fingerprint density at radius 2 is 2.36 bits per heavy atom. The zero-order valence-corrected chi connectivity index (χ0v) is 8.94. The Bertz CT molecular complexity index is 223. The fourth-order valence-electron chi connectivity index (χ4n) is 1.71.